The van der Waals surface area contributed by atoms with Crippen LogP contribution < -0.4 is 0 Å². The van der Waals surface area contributed by atoms with Gasteiger partial charge in [-0.15, -0.1) is 0 Å². The third-order valence-electron chi connectivity index (χ3n) is 4.07. The highest BCUT2D eigenvalue weighted by molar-refractivity contribution is 5.82. The summed E-state index contributed by atoms with van der Waals surface area (Å²) in [6.07, 6.45) is 5.47. The number of fused-ring (bicyclic) bond motifs is 1. The Balaban J connectivity index is 2.00. The molecule has 0 aliphatic heterocycles. The van der Waals surface area contributed by atoms with Gasteiger partial charge in [0.25, 0.3) is 5.69 Å². The molecule has 0 amide bonds. The molecule has 0 unspecified atom stereocenters. The van der Waals surface area contributed by atoms with Crippen molar-refractivity contribution in [1.29, 1.82) is 0 Å². The number of benzene rings is 1. The molecule has 0 radical (unpaired) electrons. The molecule has 0 aliphatic carbocycles. The zero-order chi connectivity index (χ0) is 17.4. The molecular formula is C19H14N4O2. The topological polar surface area (TPSA) is 73.3 Å². The summed E-state index contributed by atoms with van der Waals surface area (Å²) in [7, 11) is 0. The minimum Gasteiger partial charge on any atom is -0.299 e. The van der Waals surface area contributed by atoms with Crippen molar-refractivity contribution in [2.75, 3.05) is 0 Å². The number of imidazole rings is 1. The minimum absolute atomic E-state index is 0.0687. The quantitative estimate of drug-likeness (QED) is 0.415. The maximum Gasteiger partial charge on any atom is 0.269 e. The Morgan fingerprint density at radius 1 is 0.960 bits per heavy atom. The van der Waals surface area contributed by atoms with Crippen molar-refractivity contribution in [2.24, 2.45) is 0 Å². The van der Waals surface area contributed by atoms with Gasteiger partial charge in [-0.2, -0.15) is 0 Å². The molecule has 3 heterocycles. The van der Waals surface area contributed by atoms with E-state index in [0.29, 0.717) is 0 Å². The first-order valence-electron chi connectivity index (χ1n) is 7.77. The van der Waals surface area contributed by atoms with Gasteiger partial charge in [-0.3, -0.25) is 19.5 Å². The van der Waals surface area contributed by atoms with Crippen molar-refractivity contribution in [1.82, 2.24) is 14.4 Å². The summed E-state index contributed by atoms with van der Waals surface area (Å²) in [5.41, 5.74) is 5.54. The number of pyridine rings is 2. The predicted molar refractivity (Wildman–Crippen MR) is 95.3 cm³/mol. The predicted octanol–water partition coefficient (Wildman–Crippen LogP) is 4.28. The molecule has 6 nitrogen and oxygen atoms in total. The van der Waals surface area contributed by atoms with Crippen LogP contribution in [0.15, 0.2) is 67.1 Å². The normalized spacial score (nSPS) is 10.9. The lowest BCUT2D eigenvalue weighted by atomic mass is 10.1. The number of aryl methyl sites for hydroxylation is 1. The standard InChI is InChI=1S/C19H14N4O2/c1-13-2-7-17-21-18(14-8-10-20-11-9-14)19(22(17)12-13)15-3-5-16(6-4-15)23(24)25/h2-12H,1H3. The monoisotopic (exact) mass is 330 g/mol. The summed E-state index contributed by atoms with van der Waals surface area (Å²) in [4.78, 5) is 19.4. The highest BCUT2D eigenvalue weighted by atomic mass is 16.6. The number of aromatic nitrogens is 3. The summed E-state index contributed by atoms with van der Waals surface area (Å²) in [5, 5.41) is 10.9. The first-order chi connectivity index (χ1) is 12.1. The van der Waals surface area contributed by atoms with Gasteiger partial charge in [0.05, 0.1) is 16.3 Å². The summed E-state index contributed by atoms with van der Waals surface area (Å²) < 4.78 is 2.02. The number of non-ortho nitro benzene ring substituents is 1. The second-order valence-corrected chi connectivity index (χ2v) is 5.78. The van der Waals surface area contributed by atoms with Crippen LogP contribution in [-0.2, 0) is 0 Å². The van der Waals surface area contributed by atoms with E-state index < -0.39 is 4.92 Å². The van der Waals surface area contributed by atoms with Crippen LogP contribution in [0.25, 0.3) is 28.2 Å². The maximum atomic E-state index is 10.9. The van der Waals surface area contributed by atoms with Gasteiger partial charge in [0.2, 0.25) is 0 Å². The van der Waals surface area contributed by atoms with Gasteiger partial charge >= 0.3 is 0 Å². The van der Waals surface area contributed by atoms with Crippen LogP contribution in [0.2, 0.25) is 0 Å². The molecule has 0 fully saturated rings. The van der Waals surface area contributed by atoms with Gasteiger partial charge in [0, 0.05) is 41.9 Å². The van der Waals surface area contributed by atoms with Gasteiger partial charge in [-0.25, -0.2) is 4.98 Å². The van der Waals surface area contributed by atoms with E-state index in [9.17, 15) is 10.1 Å². The second-order valence-electron chi connectivity index (χ2n) is 5.78. The maximum absolute atomic E-state index is 10.9. The van der Waals surface area contributed by atoms with Crippen molar-refractivity contribution in [3.8, 4) is 22.5 Å². The van der Waals surface area contributed by atoms with Crippen LogP contribution in [0.5, 0.6) is 0 Å². The number of hydrogen-bond acceptors (Lipinski definition) is 4. The van der Waals surface area contributed by atoms with Gasteiger partial charge in [0.1, 0.15) is 5.65 Å². The van der Waals surface area contributed by atoms with Crippen molar-refractivity contribution in [3.63, 3.8) is 0 Å². The first kappa shape index (κ1) is 15.0. The first-order valence-corrected chi connectivity index (χ1v) is 7.77. The molecule has 4 rings (SSSR count). The van der Waals surface area contributed by atoms with Crippen molar-refractivity contribution in [3.05, 3.63) is 82.8 Å². The number of nitro benzene ring substituents is 1. The Morgan fingerprint density at radius 3 is 2.36 bits per heavy atom. The molecular weight excluding hydrogens is 316 g/mol. The van der Waals surface area contributed by atoms with Crippen LogP contribution in [-0.4, -0.2) is 19.3 Å². The lowest BCUT2D eigenvalue weighted by Gasteiger charge is -2.06. The SMILES string of the molecule is Cc1ccc2nc(-c3ccncc3)c(-c3ccc([N+](=O)[O-])cc3)n2c1. The fourth-order valence-corrected chi connectivity index (χ4v) is 2.88. The highest BCUT2D eigenvalue weighted by Crippen LogP contribution is 2.33. The smallest absolute Gasteiger partial charge is 0.269 e. The van der Waals surface area contributed by atoms with E-state index in [-0.39, 0.29) is 5.69 Å². The number of rotatable bonds is 3. The zero-order valence-corrected chi connectivity index (χ0v) is 13.5. The van der Waals surface area contributed by atoms with Crippen LogP contribution in [0.3, 0.4) is 0 Å². The van der Waals surface area contributed by atoms with E-state index in [4.69, 9.17) is 4.98 Å². The molecule has 0 spiro atoms. The second kappa shape index (κ2) is 5.83. The molecule has 0 atom stereocenters. The molecule has 4 aromatic rings. The molecule has 3 aromatic heterocycles. The van der Waals surface area contributed by atoms with Crippen LogP contribution in [0.1, 0.15) is 5.56 Å². The van der Waals surface area contributed by atoms with Crippen molar-refractivity contribution >= 4 is 11.3 Å². The molecule has 0 bridgehead atoms. The van der Waals surface area contributed by atoms with Gasteiger partial charge in [0.15, 0.2) is 0 Å². The Hall–Kier alpha value is -3.54. The fraction of sp³-hybridized carbons (Fsp3) is 0.0526. The summed E-state index contributed by atoms with van der Waals surface area (Å²) in [6.45, 7) is 2.02. The van der Waals surface area contributed by atoms with E-state index in [1.807, 2.05) is 41.8 Å². The highest BCUT2D eigenvalue weighted by Gasteiger charge is 2.17. The van der Waals surface area contributed by atoms with Crippen LogP contribution in [0.4, 0.5) is 5.69 Å². The molecule has 0 saturated carbocycles. The van der Waals surface area contributed by atoms with E-state index in [1.165, 1.54) is 12.1 Å². The van der Waals surface area contributed by atoms with E-state index in [1.54, 1.807) is 24.5 Å². The third kappa shape index (κ3) is 2.63. The zero-order valence-electron chi connectivity index (χ0n) is 13.5. The molecule has 25 heavy (non-hydrogen) atoms. The van der Waals surface area contributed by atoms with E-state index >= 15 is 0 Å². The van der Waals surface area contributed by atoms with Crippen molar-refractivity contribution < 1.29 is 4.92 Å². The Labute approximate surface area is 143 Å². The lowest BCUT2D eigenvalue weighted by molar-refractivity contribution is -0.384. The Morgan fingerprint density at radius 2 is 1.68 bits per heavy atom. The molecule has 0 aliphatic rings. The minimum atomic E-state index is -0.397. The summed E-state index contributed by atoms with van der Waals surface area (Å²) >= 11 is 0. The van der Waals surface area contributed by atoms with Gasteiger partial charge in [-0.1, -0.05) is 6.07 Å². The van der Waals surface area contributed by atoms with Crippen molar-refractivity contribution in [2.45, 2.75) is 6.92 Å². The van der Waals surface area contributed by atoms with E-state index in [0.717, 1.165) is 33.7 Å². The lowest BCUT2D eigenvalue weighted by Crippen LogP contribution is -1.92. The molecule has 0 saturated heterocycles. The Bertz CT molecular complexity index is 1070. The van der Waals surface area contributed by atoms with Gasteiger partial charge in [-0.05, 0) is 42.8 Å². The largest absolute Gasteiger partial charge is 0.299 e. The number of nitro groups is 1. The van der Waals surface area contributed by atoms with Crippen LogP contribution in [0, 0.1) is 17.0 Å². The fourth-order valence-electron chi connectivity index (χ4n) is 2.88. The Kier molecular flexibility index (Phi) is 3.50. The summed E-state index contributed by atoms with van der Waals surface area (Å²) in [5.74, 6) is 0. The van der Waals surface area contributed by atoms with Crippen LogP contribution >= 0.6 is 0 Å². The van der Waals surface area contributed by atoms with E-state index in [2.05, 4.69) is 4.98 Å². The molecule has 6 heteroatoms. The number of hydrogen-bond donors (Lipinski definition) is 0. The van der Waals surface area contributed by atoms with Gasteiger partial charge < -0.3 is 0 Å². The molecule has 1 aromatic carbocycles. The molecule has 122 valence electrons. The third-order valence-corrected chi connectivity index (χ3v) is 4.07. The number of nitrogens with zero attached hydrogens (tertiary/aromatic N) is 4. The molecule has 0 N–H and O–H groups in total. The summed E-state index contributed by atoms with van der Waals surface area (Å²) in [6, 6.07) is 14.3. The average Bonchev–Trinajstić information content (AvgIpc) is 3.01. The average molecular weight is 330 g/mol.